The standard InChI is InChI=1S/C12H15N3O2S/c1-16-10-3-2-9-11(14-10)15(12(18)13-9)8-4-6-17-7-5-8/h2-3,8H,4-7H2,1H3,(H,13,18). The fraction of sp³-hybridized carbons (Fsp3) is 0.500. The number of methoxy groups -OCH3 is 1. The van der Waals surface area contributed by atoms with E-state index in [4.69, 9.17) is 21.7 Å². The highest BCUT2D eigenvalue weighted by molar-refractivity contribution is 7.71. The molecule has 1 aliphatic rings. The number of nitrogens with zero attached hydrogens (tertiary/aromatic N) is 2. The zero-order valence-corrected chi connectivity index (χ0v) is 11.0. The number of nitrogens with one attached hydrogen (secondary N) is 1. The first-order valence-corrected chi connectivity index (χ1v) is 6.43. The Kier molecular flexibility index (Phi) is 3.05. The van der Waals surface area contributed by atoms with Gasteiger partial charge in [0.2, 0.25) is 5.88 Å². The molecule has 96 valence electrons. The molecule has 1 N–H and O–H groups in total. The fourth-order valence-electron chi connectivity index (χ4n) is 2.38. The van der Waals surface area contributed by atoms with Gasteiger partial charge in [0.1, 0.15) is 0 Å². The minimum absolute atomic E-state index is 0.361. The molecule has 3 heterocycles. The number of H-pyrrole nitrogens is 1. The van der Waals surface area contributed by atoms with Crippen LogP contribution in [-0.4, -0.2) is 34.9 Å². The zero-order chi connectivity index (χ0) is 12.5. The third-order valence-corrected chi connectivity index (χ3v) is 3.60. The molecule has 0 amide bonds. The monoisotopic (exact) mass is 265 g/mol. The van der Waals surface area contributed by atoms with Gasteiger partial charge in [0.25, 0.3) is 0 Å². The summed E-state index contributed by atoms with van der Waals surface area (Å²) in [6.45, 7) is 1.56. The van der Waals surface area contributed by atoms with E-state index in [1.807, 2.05) is 12.1 Å². The average molecular weight is 265 g/mol. The Hall–Kier alpha value is -1.40. The maximum atomic E-state index is 5.40. The van der Waals surface area contributed by atoms with Crippen LogP contribution in [0.15, 0.2) is 12.1 Å². The van der Waals surface area contributed by atoms with E-state index in [9.17, 15) is 0 Å². The van der Waals surface area contributed by atoms with Crippen molar-refractivity contribution in [1.82, 2.24) is 14.5 Å². The van der Waals surface area contributed by atoms with Gasteiger partial charge >= 0.3 is 0 Å². The molecule has 0 atom stereocenters. The maximum absolute atomic E-state index is 5.40. The number of hydrogen-bond donors (Lipinski definition) is 1. The van der Waals surface area contributed by atoms with Crippen molar-refractivity contribution < 1.29 is 9.47 Å². The molecule has 2 aromatic rings. The van der Waals surface area contributed by atoms with E-state index in [2.05, 4.69) is 14.5 Å². The van der Waals surface area contributed by atoms with Crippen LogP contribution >= 0.6 is 12.2 Å². The molecule has 0 radical (unpaired) electrons. The van der Waals surface area contributed by atoms with Crippen LogP contribution in [0.25, 0.3) is 11.2 Å². The van der Waals surface area contributed by atoms with E-state index in [0.29, 0.717) is 11.9 Å². The largest absolute Gasteiger partial charge is 0.481 e. The van der Waals surface area contributed by atoms with Crippen molar-refractivity contribution in [2.45, 2.75) is 18.9 Å². The van der Waals surface area contributed by atoms with Crippen molar-refractivity contribution in [3.63, 3.8) is 0 Å². The van der Waals surface area contributed by atoms with Gasteiger partial charge in [-0.05, 0) is 31.1 Å². The number of hydrogen-bond acceptors (Lipinski definition) is 4. The molecule has 6 heteroatoms. The van der Waals surface area contributed by atoms with Crippen molar-refractivity contribution in [1.29, 1.82) is 0 Å². The van der Waals surface area contributed by atoms with Crippen LogP contribution in [0.1, 0.15) is 18.9 Å². The van der Waals surface area contributed by atoms with E-state index >= 15 is 0 Å². The van der Waals surface area contributed by atoms with Crippen LogP contribution in [0, 0.1) is 4.77 Å². The summed E-state index contributed by atoms with van der Waals surface area (Å²) in [5.74, 6) is 0.609. The summed E-state index contributed by atoms with van der Waals surface area (Å²) in [5.41, 5.74) is 1.82. The Bertz CT molecular complexity index is 613. The summed E-state index contributed by atoms with van der Waals surface area (Å²) in [6, 6.07) is 4.15. The predicted octanol–water partition coefficient (Wildman–Crippen LogP) is 2.45. The predicted molar refractivity (Wildman–Crippen MR) is 70.6 cm³/mol. The van der Waals surface area contributed by atoms with Crippen LogP contribution in [0.3, 0.4) is 0 Å². The lowest BCUT2D eigenvalue weighted by atomic mass is 10.1. The summed E-state index contributed by atoms with van der Waals surface area (Å²) in [5, 5.41) is 0. The van der Waals surface area contributed by atoms with Crippen LogP contribution in [0.5, 0.6) is 5.88 Å². The molecule has 0 bridgehead atoms. The maximum Gasteiger partial charge on any atom is 0.215 e. The number of aromatic nitrogens is 3. The molecule has 0 saturated carbocycles. The van der Waals surface area contributed by atoms with Crippen LogP contribution in [0.4, 0.5) is 0 Å². The van der Waals surface area contributed by atoms with E-state index in [0.717, 1.165) is 42.0 Å². The second-order valence-electron chi connectivity index (χ2n) is 4.37. The number of ether oxygens (including phenoxy) is 2. The Labute approximate surface area is 110 Å². The second-order valence-corrected chi connectivity index (χ2v) is 4.76. The molecule has 0 aliphatic carbocycles. The molecule has 0 aromatic carbocycles. The average Bonchev–Trinajstić information content (AvgIpc) is 2.74. The molecule has 1 saturated heterocycles. The first-order valence-electron chi connectivity index (χ1n) is 6.02. The number of imidazole rings is 1. The van der Waals surface area contributed by atoms with Crippen molar-refractivity contribution >= 4 is 23.4 Å². The summed E-state index contributed by atoms with van der Waals surface area (Å²) in [7, 11) is 1.62. The molecule has 1 aliphatic heterocycles. The van der Waals surface area contributed by atoms with Gasteiger partial charge in [-0.25, -0.2) is 0 Å². The first kappa shape index (κ1) is 11.7. The van der Waals surface area contributed by atoms with Gasteiger partial charge in [-0.2, -0.15) is 4.98 Å². The minimum atomic E-state index is 0.361. The quantitative estimate of drug-likeness (QED) is 0.847. The smallest absolute Gasteiger partial charge is 0.215 e. The van der Waals surface area contributed by atoms with Crippen molar-refractivity contribution in [3.8, 4) is 5.88 Å². The Morgan fingerprint density at radius 2 is 2.22 bits per heavy atom. The minimum Gasteiger partial charge on any atom is -0.481 e. The Morgan fingerprint density at radius 1 is 1.44 bits per heavy atom. The third kappa shape index (κ3) is 1.91. The second kappa shape index (κ2) is 4.70. The van der Waals surface area contributed by atoms with E-state index in [1.54, 1.807) is 7.11 Å². The molecular formula is C12H15N3O2S. The lowest BCUT2D eigenvalue weighted by Gasteiger charge is -2.23. The third-order valence-electron chi connectivity index (χ3n) is 3.30. The molecule has 0 spiro atoms. The first-order chi connectivity index (χ1) is 8.79. The van der Waals surface area contributed by atoms with Crippen molar-refractivity contribution in [2.24, 2.45) is 0 Å². The van der Waals surface area contributed by atoms with Gasteiger partial charge in [0, 0.05) is 25.3 Å². The van der Waals surface area contributed by atoms with E-state index < -0.39 is 0 Å². The highest BCUT2D eigenvalue weighted by Gasteiger charge is 2.19. The van der Waals surface area contributed by atoms with Gasteiger partial charge in [-0.1, -0.05) is 0 Å². The fourth-order valence-corrected chi connectivity index (χ4v) is 2.73. The Balaban J connectivity index is 2.13. The molecule has 5 nitrogen and oxygen atoms in total. The Morgan fingerprint density at radius 3 is 2.94 bits per heavy atom. The number of rotatable bonds is 2. The van der Waals surface area contributed by atoms with Gasteiger partial charge in [0.15, 0.2) is 10.4 Å². The van der Waals surface area contributed by atoms with E-state index in [-0.39, 0.29) is 0 Å². The highest BCUT2D eigenvalue weighted by Crippen LogP contribution is 2.26. The molecule has 0 unspecified atom stereocenters. The van der Waals surface area contributed by atoms with Crippen LogP contribution < -0.4 is 4.74 Å². The number of aromatic amines is 1. The topological polar surface area (TPSA) is 52.1 Å². The number of fused-ring (bicyclic) bond motifs is 1. The molecule has 1 fully saturated rings. The van der Waals surface area contributed by atoms with Gasteiger partial charge in [-0.3, -0.25) is 4.57 Å². The lowest BCUT2D eigenvalue weighted by Crippen LogP contribution is -2.19. The zero-order valence-electron chi connectivity index (χ0n) is 10.2. The normalized spacial score (nSPS) is 17.2. The lowest BCUT2D eigenvalue weighted by molar-refractivity contribution is 0.0701. The van der Waals surface area contributed by atoms with Crippen molar-refractivity contribution in [2.75, 3.05) is 20.3 Å². The van der Waals surface area contributed by atoms with Gasteiger partial charge in [0.05, 0.1) is 12.6 Å². The molecule has 3 rings (SSSR count). The molecule has 2 aromatic heterocycles. The van der Waals surface area contributed by atoms with Gasteiger partial charge < -0.3 is 14.5 Å². The van der Waals surface area contributed by atoms with Crippen LogP contribution in [-0.2, 0) is 4.74 Å². The van der Waals surface area contributed by atoms with Gasteiger partial charge in [-0.15, -0.1) is 0 Å². The van der Waals surface area contributed by atoms with Crippen molar-refractivity contribution in [3.05, 3.63) is 16.9 Å². The summed E-state index contributed by atoms with van der Waals surface area (Å²) < 4.78 is 13.4. The van der Waals surface area contributed by atoms with E-state index in [1.165, 1.54) is 0 Å². The molecule has 18 heavy (non-hydrogen) atoms. The molecular weight excluding hydrogens is 250 g/mol. The van der Waals surface area contributed by atoms with Crippen LogP contribution in [0.2, 0.25) is 0 Å². The summed E-state index contributed by atoms with van der Waals surface area (Å²) in [6.07, 6.45) is 1.94. The summed E-state index contributed by atoms with van der Waals surface area (Å²) in [4.78, 5) is 7.69. The highest BCUT2D eigenvalue weighted by atomic mass is 32.1. The summed E-state index contributed by atoms with van der Waals surface area (Å²) >= 11 is 5.40. The SMILES string of the molecule is COc1ccc2[nH]c(=S)n(C3CCOCC3)c2n1. The number of pyridine rings is 1.